The SMILES string of the molecule is CCN1CCN([C@@H]2CCN(CC(C)C)C2)CC1. The van der Waals surface area contributed by atoms with E-state index in [0.717, 1.165) is 12.0 Å². The van der Waals surface area contributed by atoms with Crippen molar-refractivity contribution in [3.63, 3.8) is 0 Å². The van der Waals surface area contributed by atoms with Crippen molar-refractivity contribution in [3.05, 3.63) is 0 Å². The molecule has 3 nitrogen and oxygen atoms in total. The molecule has 0 aromatic heterocycles. The number of hydrogen-bond acceptors (Lipinski definition) is 3. The van der Waals surface area contributed by atoms with E-state index in [1.165, 1.54) is 58.8 Å². The molecule has 0 unspecified atom stereocenters. The van der Waals surface area contributed by atoms with Crippen molar-refractivity contribution in [1.29, 1.82) is 0 Å². The zero-order chi connectivity index (χ0) is 12.3. The van der Waals surface area contributed by atoms with Gasteiger partial charge in [0.2, 0.25) is 0 Å². The second-order valence-corrected chi connectivity index (χ2v) is 6.07. The number of likely N-dealkylation sites (N-methyl/N-ethyl adjacent to an activating group) is 1. The molecule has 1 atom stereocenters. The predicted octanol–water partition coefficient (Wildman–Crippen LogP) is 1.35. The van der Waals surface area contributed by atoms with E-state index in [0.29, 0.717) is 0 Å². The van der Waals surface area contributed by atoms with Gasteiger partial charge < -0.3 is 9.80 Å². The third kappa shape index (κ3) is 3.67. The van der Waals surface area contributed by atoms with Crippen LogP contribution in [-0.4, -0.2) is 73.1 Å². The Balaban J connectivity index is 1.73. The topological polar surface area (TPSA) is 9.72 Å². The summed E-state index contributed by atoms with van der Waals surface area (Å²) in [6.45, 7) is 17.2. The Bertz CT molecular complexity index is 222. The van der Waals surface area contributed by atoms with E-state index in [1.54, 1.807) is 0 Å². The number of nitrogens with zero attached hydrogens (tertiary/aromatic N) is 3. The van der Waals surface area contributed by atoms with Gasteiger partial charge in [-0.3, -0.25) is 4.90 Å². The summed E-state index contributed by atoms with van der Waals surface area (Å²) in [5.41, 5.74) is 0. The molecule has 17 heavy (non-hydrogen) atoms. The third-order valence-corrected chi connectivity index (χ3v) is 4.24. The van der Waals surface area contributed by atoms with Gasteiger partial charge in [0.1, 0.15) is 0 Å². The van der Waals surface area contributed by atoms with Gasteiger partial charge in [0.25, 0.3) is 0 Å². The largest absolute Gasteiger partial charge is 0.301 e. The molecule has 0 N–H and O–H groups in total. The number of hydrogen-bond donors (Lipinski definition) is 0. The first-order chi connectivity index (χ1) is 8.19. The van der Waals surface area contributed by atoms with Crippen molar-refractivity contribution in [3.8, 4) is 0 Å². The van der Waals surface area contributed by atoms with Gasteiger partial charge in [-0.1, -0.05) is 20.8 Å². The first kappa shape index (κ1) is 13.3. The molecule has 0 aliphatic carbocycles. The third-order valence-electron chi connectivity index (χ3n) is 4.24. The number of piperazine rings is 1. The lowest BCUT2D eigenvalue weighted by atomic mass is 10.2. The van der Waals surface area contributed by atoms with Crippen molar-refractivity contribution < 1.29 is 0 Å². The van der Waals surface area contributed by atoms with Crippen LogP contribution in [0.1, 0.15) is 27.2 Å². The Morgan fingerprint density at radius 1 is 1.00 bits per heavy atom. The Labute approximate surface area is 107 Å². The summed E-state index contributed by atoms with van der Waals surface area (Å²) in [4.78, 5) is 7.95. The summed E-state index contributed by atoms with van der Waals surface area (Å²) in [5.74, 6) is 0.811. The first-order valence-corrected chi connectivity index (χ1v) is 7.37. The Morgan fingerprint density at radius 3 is 2.29 bits per heavy atom. The highest BCUT2D eigenvalue weighted by Crippen LogP contribution is 2.18. The second-order valence-electron chi connectivity index (χ2n) is 6.07. The number of likely N-dealkylation sites (tertiary alicyclic amines) is 1. The van der Waals surface area contributed by atoms with Crippen molar-refractivity contribution >= 4 is 0 Å². The average molecular weight is 239 g/mol. The monoisotopic (exact) mass is 239 g/mol. The van der Waals surface area contributed by atoms with Crippen LogP contribution in [0, 0.1) is 5.92 Å². The molecule has 0 amide bonds. The van der Waals surface area contributed by atoms with Crippen LogP contribution in [0.25, 0.3) is 0 Å². The number of rotatable bonds is 4. The smallest absolute Gasteiger partial charge is 0.0236 e. The predicted molar refractivity (Wildman–Crippen MR) is 73.4 cm³/mol. The lowest BCUT2D eigenvalue weighted by molar-refractivity contribution is 0.100. The molecular formula is C14H29N3. The molecule has 0 aromatic carbocycles. The lowest BCUT2D eigenvalue weighted by Crippen LogP contribution is -2.50. The highest BCUT2D eigenvalue weighted by atomic mass is 15.3. The van der Waals surface area contributed by atoms with Crippen LogP contribution in [0.5, 0.6) is 0 Å². The van der Waals surface area contributed by atoms with Gasteiger partial charge >= 0.3 is 0 Å². The van der Waals surface area contributed by atoms with E-state index < -0.39 is 0 Å². The van der Waals surface area contributed by atoms with Gasteiger partial charge in [0, 0.05) is 45.3 Å². The Kier molecular flexibility index (Phi) is 4.83. The van der Waals surface area contributed by atoms with Gasteiger partial charge in [0.15, 0.2) is 0 Å². The van der Waals surface area contributed by atoms with Crippen molar-refractivity contribution in [1.82, 2.24) is 14.7 Å². The maximum absolute atomic E-state index is 2.73. The molecule has 2 rings (SSSR count). The van der Waals surface area contributed by atoms with Crippen LogP contribution in [0.3, 0.4) is 0 Å². The standard InChI is InChI=1S/C14H29N3/c1-4-15-7-9-17(10-8-15)14-5-6-16(12-14)11-13(2)3/h13-14H,4-12H2,1-3H3/t14-/m1/s1. The summed E-state index contributed by atoms with van der Waals surface area (Å²) in [6.07, 6.45) is 1.39. The van der Waals surface area contributed by atoms with E-state index in [1.807, 2.05) is 0 Å². The molecule has 2 fully saturated rings. The fourth-order valence-corrected chi connectivity index (χ4v) is 3.24. The van der Waals surface area contributed by atoms with Crippen LogP contribution >= 0.6 is 0 Å². The van der Waals surface area contributed by atoms with E-state index in [4.69, 9.17) is 0 Å². The molecule has 0 spiro atoms. The molecule has 2 saturated heterocycles. The van der Waals surface area contributed by atoms with Crippen LogP contribution in [0.2, 0.25) is 0 Å². The summed E-state index contributed by atoms with van der Waals surface area (Å²) in [6, 6.07) is 0.841. The van der Waals surface area contributed by atoms with Gasteiger partial charge in [-0.05, 0) is 25.4 Å². The highest BCUT2D eigenvalue weighted by Gasteiger charge is 2.29. The van der Waals surface area contributed by atoms with Crippen molar-refractivity contribution in [2.75, 3.05) is 52.4 Å². The maximum atomic E-state index is 2.73. The summed E-state index contributed by atoms with van der Waals surface area (Å²) < 4.78 is 0. The fraction of sp³-hybridized carbons (Fsp3) is 1.00. The van der Waals surface area contributed by atoms with Gasteiger partial charge in [-0.2, -0.15) is 0 Å². The molecule has 2 aliphatic heterocycles. The van der Waals surface area contributed by atoms with Crippen LogP contribution < -0.4 is 0 Å². The van der Waals surface area contributed by atoms with E-state index >= 15 is 0 Å². The summed E-state index contributed by atoms with van der Waals surface area (Å²) in [7, 11) is 0. The van der Waals surface area contributed by atoms with E-state index in [9.17, 15) is 0 Å². The molecule has 0 bridgehead atoms. The fourth-order valence-electron chi connectivity index (χ4n) is 3.24. The second kappa shape index (κ2) is 6.17. The van der Waals surface area contributed by atoms with Crippen LogP contribution in [0.4, 0.5) is 0 Å². The minimum atomic E-state index is 0.811. The summed E-state index contributed by atoms with van der Waals surface area (Å²) in [5, 5.41) is 0. The Hall–Kier alpha value is -0.120. The van der Waals surface area contributed by atoms with Crippen molar-refractivity contribution in [2.24, 2.45) is 5.92 Å². The van der Waals surface area contributed by atoms with Crippen LogP contribution in [0.15, 0.2) is 0 Å². The molecule has 2 aliphatic rings. The minimum absolute atomic E-state index is 0.811. The zero-order valence-corrected chi connectivity index (χ0v) is 11.9. The molecular weight excluding hydrogens is 210 g/mol. The van der Waals surface area contributed by atoms with Crippen LogP contribution in [-0.2, 0) is 0 Å². The molecule has 0 aromatic rings. The average Bonchev–Trinajstić information content (AvgIpc) is 2.77. The van der Waals surface area contributed by atoms with Crippen molar-refractivity contribution in [2.45, 2.75) is 33.2 Å². The molecule has 100 valence electrons. The molecule has 0 radical (unpaired) electrons. The maximum Gasteiger partial charge on any atom is 0.0236 e. The molecule has 2 heterocycles. The van der Waals surface area contributed by atoms with Gasteiger partial charge in [0.05, 0.1) is 0 Å². The van der Waals surface area contributed by atoms with Gasteiger partial charge in [-0.15, -0.1) is 0 Å². The minimum Gasteiger partial charge on any atom is -0.301 e. The molecule has 0 saturated carbocycles. The van der Waals surface area contributed by atoms with Gasteiger partial charge in [-0.25, -0.2) is 0 Å². The first-order valence-electron chi connectivity index (χ1n) is 7.37. The van der Waals surface area contributed by atoms with E-state index in [-0.39, 0.29) is 0 Å². The quantitative estimate of drug-likeness (QED) is 0.733. The molecule has 3 heteroatoms. The normalized spacial score (nSPS) is 29.3. The summed E-state index contributed by atoms with van der Waals surface area (Å²) >= 11 is 0. The zero-order valence-electron chi connectivity index (χ0n) is 11.9. The highest BCUT2D eigenvalue weighted by molar-refractivity contribution is 4.86. The van der Waals surface area contributed by atoms with E-state index in [2.05, 4.69) is 35.5 Å². The Morgan fingerprint density at radius 2 is 1.71 bits per heavy atom. The lowest BCUT2D eigenvalue weighted by Gasteiger charge is -2.37.